The second-order valence-corrected chi connectivity index (χ2v) is 6.67. The molecular weight excluding hydrogens is 342 g/mol. The van der Waals surface area contributed by atoms with Gasteiger partial charge in [-0.25, -0.2) is 4.98 Å². The number of aromatic nitrogens is 3. The number of pyridine rings is 1. The highest BCUT2D eigenvalue weighted by molar-refractivity contribution is 7.17. The smallest absolute Gasteiger partial charge is 0.263 e. The molecule has 3 aromatic heterocycles. The summed E-state index contributed by atoms with van der Waals surface area (Å²) in [5, 5.41) is 3.29. The van der Waals surface area contributed by atoms with Gasteiger partial charge in [0, 0.05) is 28.4 Å². The highest BCUT2D eigenvalue weighted by Crippen LogP contribution is 2.31. The van der Waals surface area contributed by atoms with Crippen molar-refractivity contribution in [2.24, 2.45) is 0 Å². The van der Waals surface area contributed by atoms with Crippen molar-refractivity contribution in [3.63, 3.8) is 0 Å². The zero-order valence-electron chi connectivity index (χ0n) is 12.5. The molecule has 0 saturated carbocycles. The van der Waals surface area contributed by atoms with Crippen molar-refractivity contribution in [3.05, 3.63) is 81.4 Å². The standard InChI is InChI=1S/C18H12ClN3OS/c19-14-5-3-13(4-6-14)15-10-24-17-16(15)18(23)22(11-21-17)9-12-2-1-7-20-8-12/h1-8,10-11H,9H2. The zero-order valence-corrected chi connectivity index (χ0v) is 14.1. The minimum atomic E-state index is -0.0462. The van der Waals surface area contributed by atoms with Gasteiger partial charge in [0.2, 0.25) is 0 Å². The molecule has 24 heavy (non-hydrogen) atoms. The van der Waals surface area contributed by atoms with Crippen LogP contribution in [-0.4, -0.2) is 14.5 Å². The quantitative estimate of drug-likeness (QED) is 0.554. The molecule has 6 heteroatoms. The van der Waals surface area contributed by atoms with E-state index in [1.54, 1.807) is 23.3 Å². The van der Waals surface area contributed by atoms with Crippen LogP contribution >= 0.6 is 22.9 Å². The predicted molar refractivity (Wildman–Crippen MR) is 97.7 cm³/mol. The van der Waals surface area contributed by atoms with Gasteiger partial charge in [0.05, 0.1) is 18.3 Å². The van der Waals surface area contributed by atoms with E-state index in [-0.39, 0.29) is 5.56 Å². The van der Waals surface area contributed by atoms with Crippen molar-refractivity contribution in [1.29, 1.82) is 0 Å². The largest absolute Gasteiger partial charge is 0.294 e. The first-order valence-electron chi connectivity index (χ1n) is 7.34. The van der Waals surface area contributed by atoms with Crippen LogP contribution in [0.3, 0.4) is 0 Å². The predicted octanol–water partition coefficient (Wildman–Crippen LogP) is 4.22. The molecule has 0 saturated heterocycles. The Morgan fingerprint density at radius 3 is 2.75 bits per heavy atom. The third-order valence-corrected chi connectivity index (χ3v) is 4.93. The number of benzene rings is 1. The van der Waals surface area contributed by atoms with Crippen LogP contribution in [0.15, 0.2) is 65.3 Å². The lowest BCUT2D eigenvalue weighted by Gasteiger charge is -2.06. The van der Waals surface area contributed by atoms with Crippen molar-refractivity contribution in [2.75, 3.05) is 0 Å². The van der Waals surface area contributed by atoms with E-state index in [0.717, 1.165) is 21.5 Å². The van der Waals surface area contributed by atoms with Crippen molar-refractivity contribution in [3.8, 4) is 11.1 Å². The molecule has 4 rings (SSSR count). The minimum Gasteiger partial charge on any atom is -0.294 e. The molecule has 0 aliphatic rings. The lowest BCUT2D eigenvalue weighted by molar-refractivity contribution is 0.746. The van der Waals surface area contributed by atoms with Crippen molar-refractivity contribution in [1.82, 2.24) is 14.5 Å². The number of hydrogen-bond donors (Lipinski definition) is 0. The molecule has 0 bridgehead atoms. The van der Waals surface area contributed by atoms with Gasteiger partial charge in [0.1, 0.15) is 4.83 Å². The molecule has 3 heterocycles. The summed E-state index contributed by atoms with van der Waals surface area (Å²) in [4.78, 5) is 22.2. The third-order valence-electron chi connectivity index (χ3n) is 3.79. The third kappa shape index (κ3) is 2.72. The average molecular weight is 354 g/mol. The Morgan fingerprint density at radius 2 is 2.00 bits per heavy atom. The molecule has 0 amide bonds. The molecule has 0 fully saturated rings. The van der Waals surface area contributed by atoms with Crippen LogP contribution in [-0.2, 0) is 6.54 Å². The van der Waals surface area contributed by atoms with Crippen molar-refractivity contribution >= 4 is 33.2 Å². The number of thiophene rings is 1. The fourth-order valence-corrected chi connectivity index (χ4v) is 3.64. The van der Waals surface area contributed by atoms with E-state index in [4.69, 9.17) is 11.6 Å². The summed E-state index contributed by atoms with van der Waals surface area (Å²) < 4.78 is 1.62. The van der Waals surface area contributed by atoms with Crippen LogP contribution < -0.4 is 5.56 Å². The molecule has 118 valence electrons. The van der Waals surface area contributed by atoms with E-state index in [2.05, 4.69) is 9.97 Å². The van der Waals surface area contributed by atoms with E-state index in [0.29, 0.717) is 17.0 Å². The molecule has 0 radical (unpaired) electrons. The maximum Gasteiger partial charge on any atom is 0.263 e. The molecule has 0 N–H and O–H groups in total. The Labute approximate surface area is 147 Å². The summed E-state index contributed by atoms with van der Waals surface area (Å²) in [7, 11) is 0. The van der Waals surface area contributed by atoms with Crippen molar-refractivity contribution in [2.45, 2.75) is 6.54 Å². The number of halogens is 1. The summed E-state index contributed by atoms with van der Waals surface area (Å²) in [5.41, 5.74) is 2.77. The normalized spacial score (nSPS) is 11.0. The Hall–Kier alpha value is -2.50. The molecule has 0 atom stereocenters. The Bertz CT molecular complexity index is 1060. The number of rotatable bonds is 3. The highest BCUT2D eigenvalue weighted by Gasteiger charge is 2.13. The second kappa shape index (κ2) is 6.19. The Morgan fingerprint density at radius 1 is 1.17 bits per heavy atom. The van der Waals surface area contributed by atoms with Crippen LogP contribution in [0.2, 0.25) is 5.02 Å². The molecule has 4 nitrogen and oxygen atoms in total. The SMILES string of the molecule is O=c1c2c(-c3ccc(Cl)cc3)csc2ncn1Cc1cccnc1. The lowest BCUT2D eigenvalue weighted by Crippen LogP contribution is -2.21. The van der Waals surface area contributed by atoms with E-state index in [1.807, 2.05) is 41.8 Å². The van der Waals surface area contributed by atoms with Crippen LogP contribution in [0.5, 0.6) is 0 Å². The van der Waals surface area contributed by atoms with Crippen LogP contribution in [0.25, 0.3) is 21.3 Å². The van der Waals surface area contributed by atoms with Gasteiger partial charge >= 0.3 is 0 Å². The first kappa shape index (κ1) is 15.1. The van der Waals surface area contributed by atoms with Gasteiger partial charge in [0.15, 0.2) is 0 Å². The summed E-state index contributed by atoms with van der Waals surface area (Å²) in [5.74, 6) is 0. The zero-order chi connectivity index (χ0) is 16.5. The van der Waals surface area contributed by atoms with E-state index in [9.17, 15) is 4.79 Å². The first-order valence-corrected chi connectivity index (χ1v) is 8.59. The molecular formula is C18H12ClN3OS. The van der Waals surface area contributed by atoms with Gasteiger partial charge < -0.3 is 0 Å². The monoisotopic (exact) mass is 353 g/mol. The first-order chi connectivity index (χ1) is 11.7. The number of fused-ring (bicyclic) bond motifs is 1. The minimum absolute atomic E-state index is 0.0462. The van der Waals surface area contributed by atoms with Gasteiger partial charge in [-0.05, 0) is 29.3 Å². The fraction of sp³-hybridized carbons (Fsp3) is 0.0556. The van der Waals surface area contributed by atoms with E-state index < -0.39 is 0 Å². The molecule has 0 aliphatic carbocycles. The van der Waals surface area contributed by atoms with Crippen LogP contribution in [0, 0.1) is 0 Å². The Balaban J connectivity index is 1.84. The molecule has 1 aromatic carbocycles. The second-order valence-electron chi connectivity index (χ2n) is 5.38. The fourth-order valence-electron chi connectivity index (χ4n) is 2.61. The van der Waals surface area contributed by atoms with Crippen molar-refractivity contribution < 1.29 is 0 Å². The number of hydrogen-bond acceptors (Lipinski definition) is 4. The maximum absolute atomic E-state index is 12.9. The lowest BCUT2D eigenvalue weighted by atomic mass is 10.1. The molecule has 0 unspecified atom stereocenters. The summed E-state index contributed by atoms with van der Waals surface area (Å²) in [6.07, 6.45) is 5.06. The molecule has 4 aromatic rings. The summed E-state index contributed by atoms with van der Waals surface area (Å²) >= 11 is 7.43. The van der Waals surface area contributed by atoms with E-state index >= 15 is 0 Å². The van der Waals surface area contributed by atoms with Gasteiger partial charge in [0.25, 0.3) is 5.56 Å². The maximum atomic E-state index is 12.9. The molecule has 0 aliphatic heterocycles. The highest BCUT2D eigenvalue weighted by atomic mass is 35.5. The summed E-state index contributed by atoms with van der Waals surface area (Å²) in [6.45, 7) is 0.450. The Kier molecular flexibility index (Phi) is 3.88. The van der Waals surface area contributed by atoms with Gasteiger partial charge in [-0.1, -0.05) is 29.8 Å². The van der Waals surface area contributed by atoms with Crippen LogP contribution in [0.1, 0.15) is 5.56 Å². The van der Waals surface area contributed by atoms with Gasteiger partial charge in [-0.15, -0.1) is 11.3 Å². The average Bonchev–Trinajstić information content (AvgIpc) is 3.04. The van der Waals surface area contributed by atoms with Gasteiger partial charge in [-0.2, -0.15) is 0 Å². The van der Waals surface area contributed by atoms with Gasteiger partial charge in [-0.3, -0.25) is 14.3 Å². The van der Waals surface area contributed by atoms with E-state index in [1.165, 1.54) is 11.3 Å². The number of nitrogens with zero attached hydrogens (tertiary/aromatic N) is 3. The summed E-state index contributed by atoms with van der Waals surface area (Å²) in [6, 6.07) is 11.3. The molecule has 0 spiro atoms. The topological polar surface area (TPSA) is 47.8 Å². The van der Waals surface area contributed by atoms with Crippen LogP contribution in [0.4, 0.5) is 0 Å².